The van der Waals surface area contributed by atoms with E-state index in [4.69, 9.17) is 0 Å². The van der Waals surface area contributed by atoms with Crippen molar-refractivity contribution in [1.82, 2.24) is 14.8 Å². The van der Waals surface area contributed by atoms with Gasteiger partial charge in [0, 0.05) is 43.3 Å². The molecule has 0 unspecified atom stereocenters. The summed E-state index contributed by atoms with van der Waals surface area (Å²) in [6.07, 6.45) is 0.336. The Hall–Kier alpha value is -3.34. The summed E-state index contributed by atoms with van der Waals surface area (Å²) in [6.45, 7) is 6.62. The monoisotopic (exact) mass is 403 g/mol. The van der Waals surface area contributed by atoms with E-state index in [9.17, 15) is 9.59 Å². The Bertz CT molecular complexity index is 1050. The van der Waals surface area contributed by atoms with Crippen LogP contribution in [0.15, 0.2) is 54.6 Å². The molecule has 1 aromatic heterocycles. The van der Waals surface area contributed by atoms with Crippen molar-refractivity contribution in [3.63, 3.8) is 0 Å². The van der Waals surface area contributed by atoms with Crippen molar-refractivity contribution in [1.29, 1.82) is 0 Å². The first-order valence-electron chi connectivity index (χ1n) is 10.1. The second-order valence-electron chi connectivity index (χ2n) is 7.92. The third-order valence-corrected chi connectivity index (χ3v) is 5.28. The van der Waals surface area contributed by atoms with Gasteiger partial charge >= 0.3 is 0 Å². The fourth-order valence-electron chi connectivity index (χ4n) is 3.56. The molecule has 0 aliphatic rings. The van der Waals surface area contributed by atoms with Crippen LogP contribution in [-0.2, 0) is 17.8 Å². The number of amides is 2. The van der Waals surface area contributed by atoms with Crippen LogP contribution >= 0.6 is 0 Å². The van der Waals surface area contributed by atoms with Crippen molar-refractivity contribution in [2.24, 2.45) is 0 Å². The molecule has 0 saturated carbocycles. The van der Waals surface area contributed by atoms with Gasteiger partial charge in [-0.25, -0.2) is 0 Å². The van der Waals surface area contributed by atoms with Crippen LogP contribution in [0.3, 0.4) is 0 Å². The molecule has 156 valence electrons. The van der Waals surface area contributed by atoms with Gasteiger partial charge in [-0.05, 0) is 62.2 Å². The third-order valence-electron chi connectivity index (χ3n) is 5.28. The zero-order valence-corrected chi connectivity index (χ0v) is 18.3. The maximum atomic E-state index is 12.5. The van der Waals surface area contributed by atoms with Gasteiger partial charge in [0.1, 0.15) is 0 Å². The summed E-state index contributed by atoms with van der Waals surface area (Å²) in [5, 5.41) is 2.98. The van der Waals surface area contributed by atoms with Crippen LogP contribution in [-0.4, -0.2) is 35.4 Å². The van der Waals surface area contributed by atoms with Crippen LogP contribution in [0, 0.1) is 20.8 Å². The molecule has 1 heterocycles. The van der Waals surface area contributed by atoms with E-state index >= 15 is 0 Å². The molecule has 30 heavy (non-hydrogen) atoms. The van der Waals surface area contributed by atoms with Crippen molar-refractivity contribution in [3.8, 4) is 5.69 Å². The molecule has 3 aromatic rings. The standard InChI is InChI=1S/C25H29N3O2/c1-17-6-12-23(13-7-17)28-18(2)14-22(19(28)3)15-24(29)26-16-20-8-10-21(11-9-20)25(30)27(4)5/h6-14H,15-16H2,1-5H3,(H,26,29). The van der Waals surface area contributed by atoms with E-state index in [2.05, 4.69) is 61.0 Å². The normalized spacial score (nSPS) is 10.7. The molecule has 0 bridgehead atoms. The average molecular weight is 404 g/mol. The van der Waals surface area contributed by atoms with Crippen LogP contribution in [0.1, 0.15) is 38.4 Å². The predicted molar refractivity (Wildman–Crippen MR) is 120 cm³/mol. The highest BCUT2D eigenvalue weighted by Crippen LogP contribution is 2.21. The number of carbonyl (C=O) groups is 2. The molecule has 2 amide bonds. The lowest BCUT2D eigenvalue weighted by Crippen LogP contribution is -2.25. The molecule has 0 spiro atoms. The lowest BCUT2D eigenvalue weighted by Gasteiger charge is -2.11. The first kappa shape index (κ1) is 21.4. The Kier molecular flexibility index (Phi) is 6.40. The molecule has 3 rings (SSSR count). The molecule has 0 saturated heterocycles. The van der Waals surface area contributed by atoms with E-state index in [0.29, 0.717) is 18.5 Å². The van der Waals surface area contributed by atoms with Crippen LogP contribution in [0.2, 0.25) is 0 Å². The number of aromatic nitrogens is 1. The number of benzene rings is 2. The zero-order chi connectivity index (χ0) is 21.8. The van der Waals surface area contributed by atoms with Gasteiger partial charge < -0.3 is 14.8 Å². The number of nitrogens with one attached hydrogen (secondary N) is 1. The molecular weight excluding hydrogens is 374 g/mol. The highest BCUT2D eigenvalue weighted by atomic mass is 16.2. The summed E-state index contributed by atoms with van der Waals surface area (Å²) in [5.41, 5.74) is 7.15. The van der Waals surface area contributed by atoms with E-state index in [1.807, 2.05) is 12.1 Å². The van der Waals surface area contributed by atoms with Crippen LogP contribution in [0.4, 0.5) is 0 Å². The molecule has 0 aliphatic carbocycles. The Balaban J connectivity index is 1.63. The lowest BCUT2D eigenvalue weighted by molar-refractivity contribution is -0.120. The van der Waals surface area contributed by atoms with Crippen molar-refractivity contribution >= 4 is 11.8 Å². The smallest absolute Gasteiger partial charge is 0.253 e. The van der Waals surface area contributed by atoms with Gasteiger partial charge in [-0.15, -0.1) is 0 Å². The highest BCUT2D eigenvalue weighted by Gasteiger charge is 2.14. The minimum atomic E-state index is -0.0329. The van der Waals surface area contributed by atoms with Gasteiger partial charge in [-0.1, -0.05) is 29.8 Å². The fraction of sp³-hybridized carbons (Fsp3) is 0.280. The number of carbonyl (C=O) groups excluding carboxylic acids is 2. The molecule has 0 radical (unpaired) electrons. The van der Waals surface area contributed by atoms with E-state index in [1.165, 1.54) is 5.56 Å². The van der Waals surface area contributed by atoms with Crippen molar-refractivity contribution in [2.45, 2.75) is 33.7 Å². The van der Waals surface area contributed by atoms with Gasteiger partial charge in [0.15, 0.2) is 0 Å². The number of nitrogens with zero attached hydrogens (tertiary/aromatic N) is 2. The molecule has 5 heteroatoms. The molecule has 2 aromatic carbocycles. The predicted octanol–water partition coefficient (Wildman–Crippen LogP) is 3.96. The van der Waals surface area contributed by atoms with Crippen molar-refractivity contribution in [3.05, 3.63) is 88.2 Å². The largest absolute Gasteiger partial charge is 0.352 e. The highest BCUT2D eigenvalue weighted by molar-refractivity contribution is 5.93. The van der Waals surface area contributed by atoms with Crippen LogP contribution in [0.25, 0.3) is 5.69 Å². The first-order chi connectivity index (χ1) is 14.3. The summed E-state index contributed by atoms with van der Waals surface area (Å²) in [6, 6.07) is 17.8. The molecule has 5 nitrogen and oxygen atoms in total. The topological polar surface area (TPSA) is 54.3 Å². The number of hydrogen-bond donors (Lipinski definition) is 1. The zero-order valence-electron chi connectivity index (χ0n) is 18.3. The molecule has 0 atom stereocenters. The second-order valence-corrected chi connectivity index (χ2v) is 7.92. The van der Waals surface area contributed by atoms with Gasteiger partial charge in [0.2, 0.25) is 5.91 Å². The van der Waals surface area contributed by atoms with Gasteiger partial charge in [-0.3, -0.25) is 9.59 Å². The minimum Gasteiger partial charge on any atom is -0.352 e. The van der Waals surface area contributed by atoms with E-state index in [0.717, 1.165) is 28.2 Å². The quantitative estimate of drug-likeness (QED) is 0.677. The van der Waals surface area contributed by atoms with Gasteiger partial charge in [0.05, 0.1) is 6.42 Å². The second kappa shape index (κ2) is 8.99. The van der Waals surface area contributed by atoms with Crippen molar-refractivity contribution in [2.75, 3.05) is 14.1 Å². The lowest BCUT2D eigenvalue weighted by atomic mass is 10.1. The van der Waals surface area contributed by atoms with Crippen LogP contribution in [0.5, 0.6) is 0 Å². The van der Waals surface area contributed by atoms with Crippen molar-refractivity contribution < 1.29 is 9.59 Å². The summed E-state index contributed by atoms with van der Waals surface area (Å²) in [4.78, 5) is 26.0. The van der Waals surface area contributed by atoms with E-state index < -0.39 is 0 Å². The minimum absolute atomic E-state index is 0.0207. The first-order valence-corrected chi connectivity index (χ1v) is 10.1. The molecular formula is C25H29N3O2. The van der Waals surface area contributed by atoms with Gasteiger partial charge in [0.25, 0.3) is 5.91 Å². The number of hydrogen-bond acceptors (Lipinski definition) is 2. The third kappa shape index (κ3) is 4.79. The number of rotatable bonds is 6. The summed E-state index contributed by atoms with van der Waals surface area (Å²) in [7, 11) is 3.46. The van der Waals surface area contributed by atoms with E-state index in [-0.39, 0.29) is 11.8 Å². The maximum absolute atomic E-state index is 12.5. The maximum Gasteiger partial charge on any atom is 0.253 e. The van der Waals surface area contributed by atoms with Crippen LogP contribution < -0.4 is 5.32 Å². The Morgan fingerprint density at radius 3 is 2.17 bits per heavy atom. The summed E-state index contributed by atoms with van der Waals surface area (Å²) < 4.78 is 2.18. The molecule has 0 fully saturated rings. The molecule has 1 N–H and O–H groups in total. The Labute approximate surface area is 178 Å². The Morgan fingerprint density at radius 1 is 0.933 bits per heavy atom. The SMILES string of the molecule is Cc1ccc(-n2c(C)cc(CC(=O)NCc3ccc(C(=O)N(C)C)cc3)c2C)cc1. The summed E-state index contributed by atoms with van der Waals surface area (Å²) >= 11 is 0. The van der Waals surface area contributed by atoms with E-state index in [1.54, 1.807) is 31.1 Å². The average Bonchev–Trinajstić information content (AvgIpc) is 3.00. The Morgan fingerprint density at radius 2 is 1.57 bits per heavy atom. The summed E-state index contributed by atoms with van der Waals surface area (Å²) in [5.74, 6) is -0.0536. The fourth-order valence-corrected chi connectivity index (χ4v) is 3.56. The van der Waals surface area contributed by atoms with Gasteiger partial charge in [-0.2, -0.15) is 0 Å². The number of aryl methyl sites for hydroxylation is 2. The molecule has 0 aliphatic heterocycles.